The predicted molar refractivity (Wildman–Crippen MR) is 86.6 cm³/mol. The van der Waals surface area contributed by atoms with Gasteiger partial charge in [-0.2, -0.15) is 0 Å². The third kappa shape index (κ3) is 3.56. The number of ether oxygens (including phenoxy) is 1. The van der Waals surface area contributed by atoms with E-state index < -0.39 is 0 Å². The molecule has 4 rings (SSSR count). The van der Waals surface area contributed by atoms with Gasteiger partial charge < -0.3 is 10.1 Å². The standard InChI is InChI=1S/C18H25N3O2/c22-18(14-3-4-14)20-9-17-16-5-7-21(11-15(16)12-23-17)10-13-2-1-6-19-8-13/h1-2,6,8,14-17H,3-5,7,9-12H2,(H,20,22)/t15-,16-,17-/m0/s1. The fourth-order valence-corrected chi connectivity index (χ4v) is 3.96. The molecule has 5 nitrogen and oxygen atoms in total. The summed E-state index contributed by atoms with van der Waals surface area (Å²) < 4.78 is 6.00. The van der Waals surface area contributed by atoms with Crippen LogP contribution >= 0.6 is 0 Å². The molecule has 0 radical (unpaired) electrons. The summed E-state index contributed by atoms with van der Waals surface area (Å²) in [4.78, 5) is 18.5. The van der Waals surface area contributed by atoms with Gasteiger partial charge >= 0.3 is 0 Å². The Hall–Kier alpha value is -1.46. The number of rotatable bonds is 5. The number of hydrogen-bond donors (Lipinski definition) is 1. The second-order valence-corrected chi connectivity index (χ2v) is 7.20. The molecule has 5 heteroatoms. The summed E-state index contributed by atoms with van der Waals surface area (Å²) in [6.07, 6.45) is 7.27. The lowest BCUT2D eigenvalue weighted by molar-refractivity contribution is -0.122. The third-order valence-corrected chi connectivity index (χ3v) is 5.43. The Morgan fingerprint density at radius 3 is 3.09 bits per heavy atom. The van der Waals surface area contributed by atoms with Crippen LogP contribution in [-0.4, -0.2) is 48.1 Å². The Morgan fingerprint density at radius 1 is 1.39 bits per heavy atom. The van der Waals surface area contributed by atoms with Gasteiger partial charge in [0.15, 0.2) is 0 Å². The van der Waals surface area contributed by atoms with Crippen molar-refractivity contribution >= 4 is 5.91 Å². The monoisotopic (exact) mass is 315 g/mol. The number of pyridine rings is 1. The number of amides is 1. The van der Waals surface area contributed by atoms with E-state index in [9.17, 15) is 4.79 Å². The van der Waals surface area contributed by atoms with Crippen molar-refractivity contribution in [3.8, 4) is 0 Å². The Balaban J connectivity index is 1.27. The number of nitrogens with zero attached hydrogens (tertiary/aromatic N) is 2. The van der Waals surface area contributed by atoms with Crippen LogP contribution in [0.25, 0.3) is 0 Å². The Bertz CT molecular complexity index is 546. The fraction of sp³-hybridized carbons (Fsp3) is 0.667. The maximum Gasteiger partial charge on any atom is 0.223 e. The Labute approximate surface area is 137 Å². The molecule has 1 amide bonds. The van der Waals surface area contributed by atoms with Crippen molar-refractivity contribution in [2.45, 2.75) is 31.9 Å². The van der Waals surface area contributed by atoms with Crippen LogP contribution in [0.15, 0.2) is 24.5 Å². The summed E-state index contributed by atoms with van der Waals surface area (Å²) in [6, 6.07) is 4.14. The SMILES string of the molecule is O=C(NC[C@@H]1OC[C@@H]2CN(Cc3cccnc3)CC[C@@H]21)C1CC1. The van der Waals surface area contributed by atoms with E-state index in [1.807, 2.05) is 18.5 Å². The number of aromatic nitrogens is 1. The summed E-state index contributed by atoms with van der Waals surface area (Å²) in [7, 11) is 0. The van der Waals surface area contributed by atoms with Gasteiger partial charge in [0.1, 0.15) is 0 Å². The van der Waals surface area contributed by atoms with E-state index in [1.54, 1.807) is 0 Å². The zero-order valence-corrected chi connectivity index (χ0v) is 13.5. The number of likely N-dealkylation sites (tertiary alicyclic amines) is 1. The average molecular weight is 315 g/mol. The summed E-state index contributed by atoms with van der Waals surface area (Å²) in [5.74, 6) is 1.71. The van der Waals surface area contributed by atoms with Crippen LogP contribution < -0.4 is 5.32 Å². The summed E-state index contributed by atoms with van der Waals surface area (Å²) in [6.45, 7) is 4.69. The number of carbonyl (C=O) groups is 1. The second-order valence-electron chi connectivity index (χ2n) is 7.20. The first-order chi connectivity index (χ1) is 11.3. The van der Waals surface area contributed by atoms with E-state index in [0.717, 1.165) is 45.5 Å². The quantitative estimate of drug-likeness (QED) is 0.893. The number of carbonyl (C=O) groups excluding carboxylic acids is 1. The first kappa shape index (κ1) is 15.1. The summed E-state index contributed by atoms with van der Waals surface area (Å²) in [5, 5.41) is 3.08. The van der Waals surface area contributed by atoms with Gasteiger partial charge in [0.25, 0.3) is 0 Å². The highest BCUT2D eigenvalue weighted by molar-refractivity contribution is 5.80. The molecule has 3 atom stereocenters. The van der Waals surface area contributed by atoms with Gasteiger partial charge in [-0.15, -0.1) is 0 Å². The van der Waals surface area contributed by atoms with Crippen molar-refractivity contribution in [3.63, 3.8) is 0 Å². The van der Waals surface area contributed by atoms with Crippen molar-refractivity contribution in [2.24, 2.45) is 17.8 Å². The lowest BCUT2D eigenvalue weighted by Crippen LogP contribution is -2.43. The van der Waals surface area contributed by atoms with E-state index in [0.29, 0.717) is 18.4 Å². The van der Waals surface area contributed by atoms with Crippen LogP contribution in [0.4, 0.5) is 0 Å². The molecule has 124 valence electrons. The van der Waals surface area contributed by atoms with Crippen LogP contribution in [0.5, 0.6) is 0 Å². The highest BCUT2D eigenvalue weighted by Gasteiger charge is 2.41. The molecule has 1 aromatic rings. The van der Waals surface area contributed by atoms with Gasteiger partial charge in [-0.1, -0.05) is 6.07 Å². The normalized spacial score (nSPS) is 30.9. The summed E-state index contributed by atoms with van der Waals surface area (Å²) in [5.41, 5.74) is 1.28. The second kappa shape index (κ2) is 6.57. The molecule has 1 N–H and O–H groups in total. The first-order valence-electron chi connectivity index (χ1n) is 8.80. The van der Waals surface area contributed by atoms with Gasteiger partial charge in [0.2, 0.25) is 5.91 Å². The van der Waals surface area contributed by atoms with Crippen LogP contribution in [-0.2, 0) is 16.1 Å². The molecule has 0 bridgehead atoms. The smallest absolute Gasteiger partial charge is 0.223 e. The third-order valence-electron chi connectivity index (χ3n) is 5.43. The molecule has 0 unspecified atom stereocenters. The van der Waals surface area contributed by atoms with Crippen molar-refractivity contribution in [2.75, 3.05) is 26.2 Å². The largest absolute Gasteiger partial charge is 0.376 e. The van der Waals surface area contributed by atoms with E-state index >= 15 is 0 Å². The van der Waals surface area contributed by atoms with Crippen molar-refractivity contribution < 1.29 is 9.53 Å². The average Bonchev–Trinajstić information content (AvgIpc) is 3.35. The minimum absolute atomic E-state index is 0.211. The molecular weight excluding hydrogens is 290 g/mol. The van der Waals surface area contributed by atoms with Gasteiger partial charge in [-0.25, -0.2) is 0 Å². The van der Waals surface area contributed by atoms with Crippen LogP contribution in [0.3, 0.4) is 0 Å². The van der Waals surface area contributed by atoms with Crippen molar-refractivity contribution in [1.82, 2.24) is 15.2 Å². The maximum atomic E-state index is 11.8. The number of nitrogens with one attached hydrogen (secondary N) is 1. The molecule has 3 heterocycles. The van der Waals surface area contributed by atoms with Gasteiger partial charge in [-0.3, -0.25) is 14.7 Å². The van der Waals surface area contributed by atoms with Gasteiger partial charge in [0, 0.05) is 43.9 Å². The Kier molecular flexibility index (Phi) is 4.31. The minimum Gasteiger partial charge on any atom is -0.376 e. The molecule has 1 aromatic heterocycles. The molecule has 2 saturated heterocycles. The molecule has 3 fully saturated rings. The molecule has 1 aliphatic carbocycles. The van der Waals surface area contributed by atoms with Crippen LogP contribution in [0, 0.1) is 17.8 Å². The molecule has 0 spiro atoms. The van der Waals surface area contributed by atoms with E-state index in [2.05, 4.69) is 21.3 Å². The topological polar surface area (TPSA) is 54.5 Å². The van der Waals surface area contributed by atoms with Gasteiger partial charge in [-0.05, 0) is 43.4 Å². The van der Waals surface area contributed by atoms with Crippen molar-refractivity contribution in [3.05, 3.63) is 30.1 Å². The lowest BCUT2D eigenvalue weighted by atomic mass is 9.84. The zero-order valence-electron chi connectivity index (χ0n) is 13.5. The molecule has 1 saturated carbocycles. The minimum atomic E-state index is 0.211. The fourth-order valence-electron chi connectivity index (χ4n) is 3.96. The lowest BCUT2D eigenvalue weighted by Gasteiger charge is -2.35. The molecule has 2 aliphatic heterocycles. The molecular formula is C18H25N3O2. The number of fused-ring (bicyclic) bond motifs is 1. The van der Waals surface area contributed by atoms with E-state index in [1.165, 1.54) is 5.56 Å². The van der Waals surface area contributed by atoms with Gasteiger partial charge in [0.05, 0.1) is 12.7 Å². The Morgan fingerprint density at radius 2 is 2.30 bits per heavy atom. The van der Waals surface area contributed by atoms with E-state index in [-0.39, 0.29) is 17.9 Å². The van der Waals surface area contributed by atoms with Crippen LogP contribution in [0.1, 0.15) is 24.8 Å². The highest BCUT2D eigenvalue weighted by atomic mass is 16.5. The van der Waals surface area contributed by atoms with Crippen LogP contribution in [0.2, 0.25) is 0 Å². The predicted octanol–water partition coefficient (Wildman–Crippen LogP) is 1.44. The maximum absolute atomic E-state index is 11.8. The summed E-state index contributed by atoms with van der Waals surface area (Å²) >= 11 is 0. The van der Waals surface area contributed by atoms with E-state index in [4.69, 9.17) is 4.74 Å². The molecule has 3 aliphatic rings. The zero-order chi connectivity index (χ0) is 15.6. The highest BCUT2D eigenvalue weighted by Crippen LogP contribution is 2.35. The molecule has 0 aromatic carbocycles. The molecule has 23 heavy (non-hydrogen) atoms. The number of piperidine rings is 1. The number of hydrogen-bond acceptors (Lipinski definition) is 4. The van der Waals surface area contributed by atoms with Crippen molar-refractivity contribution in [1.29, 1.82) is 0 Å². The first-order valence-corrected chi connectivity index (χ1v) is 8.80.